The number of nitrogens with one attached hydrogen (secondary N) is 1. The summed E-state index contributed by atoms with van der Waals surface area (Å²) in [6.07, 6.45) is 3.74. The van der Waals surface area contributed by atoms with E-state index in [1.165, 1.54) is 0 Å². The minimum absolute atomic E-state index is 0.0604. The standard InChI is InChI=1S/C20H23N3O3S/c1-2-3-15-23-20(24)18(22-14-12-17-11-7-8-13-21-17)19(27(23,25)26)16-9-5-4-6-10-16/h4-11,13,22H,2-3,12,14-15H2,1H3. The molecule has 0 saturated heterocycles. The molecule has 1 aliphatic rings. The monoisotopic (exact) mass is 385 g/mol. The SMILES string of the molecule is CCCCN1C(=O)C(NCCc2ccccn2)=C(c2ccccc2)S1(=O)=O. The van der Waals surface area contributed by atoms with Gasteiger partial charge >= 0.3 is 0 Å². The number of unbranched alkanes of at least 4 members (excludes halogenated alkanes) is 1. The molecule has 0 unspecified atom stereocenters. The second-order valence-corrected chi connectivity index (χ2v) is 8.10. The van der Waals surface area contributed by atoms with Gasteiger partial charge in [-0.2, -0.15) is 0 Å². The molecular formula is C20H23N3O3S. The summed E-state index contributed by atoms with van der Waals surface area (Å²) in [6.45, 7) is 2.58. The number of aromatic nitrogens is 1. The van der Waals surface area contributed by atoms with Crippen LogP contribution in [0.25, 0.3) is 4.91 Å². The number of benzene rings is 1. The van der Waals surface area contributed by atoms with Crippen LogP contribution in [0, 0.1) is 0 Å². The van der Waals surface area contributed by atoms with Crippen LogP contribution in [0.1, 0.15) is 31.0 Å². The zero-order chi connectivity index (χ0) is 19.3. The van der Waals surface area contributed by atoms with Crippen molar-refractivity contribution >= 4 is 20.8 Å². The molecule has 0 aliphatic carbocycles. The van der Waals surface area contributed by atoms with Crippen molar-refractivity contribution in [3.05, 3.63) is 71.7 Å². The molecule has 142 valence electrons. The number of hydrogen-bond acceptors (Lipinski definition) is 5. The summed E-state index contributed by atoms with van der Waals surface area (Å²) in [5, 5.41) is 3.06. The molecule has 1 amide bonds. The number of sulfonamides is 1. The van der Waals surface area contributed by atoms with Crippen LogP contribution in [0.5, 0.6) is 0 Å². The summed E-state index contributed by atoms with van der Waals surface area (Å²) < 4.78 is 27.1. The maximum absolute atomic E-state index is 13.0. The molecule has 0 bridgehead atoms. The molecule has 1 aliphatic heterocycles. The molecule has 3 rings (SSSR count). The molecular weight excluding hydrogens is 362 g/mol. The Balaban J connectivity index is 1.90. The van der Waals surface area contributed by atoms with E-state index >= 15 is 0 Å². The Kier molecular flexibility index (Phi) is 5.91. The van der Waals surface area contributed by atoms with Crippen LogP contribution in [-0.2, 0) is 21.2 Å². The van der Waals surface area contributed by atoms with Crippen molar-refractivity contribution in [3.63, 3.8) is 0 Å². The first kappa shape index (κ1) is 19.1. The Morgan fingerprint density at radius 3 is 2.48 bits per heavy atom. The minimum atomic E-state index is -3.86. The third kappa shape index (κ3) is 4.03. The van der Waals surface area contributed by atoms with Gasteiger partial charge in [0.1, 0.15) is 10.6 Å². The first-order valence-electron chi connectivity index (χ1n) is 9.06. The van der Waals surface area contributed by atoms with Crippen molar-refractivity contribution in [3.8, 4) is 0 Å². The zero-order valence-electron chi connectivity index (χ0n) is 15.3. The van der Waals surface area contributed by atoms with Gasteiger partial charge in [-0.05, 0) is 24.1 Å². The van der Waals surface area contributed by atoms with Crippen LogP contribution >= 0.6 is 0 Å². The van der Waals surface area contributed by atoms with Crippen molar-refractivity contribution in [2.45, 2.75) is 26.2 Å². The average molecular weight is 385 g/mol. The van der Waals surface area contributed by atoms with Gasteiger partial charge in [0, 0.05) is 31.4 Å². The number of pyridine rings is 1. The smallest absolute Gasteiger partial charge is 0.285 e. The molecule has 0 fully saturated rings. The summed E-state index contributed by atoms with van der Waals surface area (Å²) in [5.41, 5.74) is 1.54. The van der Waals surface area contributed by atoms with Crippen molar-refractivity contribution in [1.82, 2.24) is 14.6 Å². The third-order valence-electron chi connectivity index (χ3n) is 4.38. The van der Waals surface area contributed by atoms with Gasteiger partial charge in [0.05, 0.1) is 0 Å². The van der Waals surface area contributed by atoms with Crippen LogP contribution in [-0.4, -0.2) is 36.7 Å². The Hall–Kier alpha value is -2.67. The van der Waals surface area contributed by atoms with Crippen molar-refractivity contribution < 1.29 is 13.2 Å². The lowest BCUT2D eigenvalue weighted by molar-refractivity contribution is -0.122. The molecule has 2 aromatic rings. The molecule has 1 N–H and O–H groups in total. The van der Waals surface area contributed by atoms with Gasteiger partial charge in [-0.1, -0.05) is 49.7 Å². The fraction of sp³-hybridized carbons (Fsp3) is 0.300. The maximum atomic E-state index is 13.0. The number of nitrogens with zero attached hydrogens (tertiary/aromatic N) is 2. The predicted molar refractivity (Wildman–Crippen MR) is 105 cm³/mol. The third-order valence-corrected chi connectivity index (χ3v) is 6.26. The van der Waals surface area contributed by atoms with Gasteiger partial charge in [0.2, 0.25) is 0 Å². The topological polar surface area (TPSA) is 79.4 Å². The van der Waals surface area contributed by atoms with E-state index in [0.29, 0.717) is 24.9 Å². The van der Waals surface area contributed by atoms with Gasteiger partial charge in [-0.25, -0.2) is 12.7 Å². The van der Waals surface area contributed by atoms with Crippen LogP contribution in [0.2, 0.25) is 0 Å². The lowest BCUT2D eigenvalue weighted by Gasteiger charge is -2.16. The van der Waals surface area contributed by atoms with Crippen LogP contribution in [0.15, 0.2) is 60.4 Å². The van der Waals surface area contributed by atoms with Gasteiger partial charge in [0.25, 0.3) is 15.9 Å². The van der Waals surface area contributed by atoms with Crippen LogP contribution < -0.4 is 5.32 Å². The fourth-order valence-corrected chi connectivity index (χ4v) is 4.74. The van der Waals surface area contributed by atoms with Gasteiger partial charge in [-0.15, -0.1) is 0 Å². The summed E-state index contributed by atoms with van der Waals surface area (Å²) in [5.74, 6) is -0.483. The van der Waals surface area contributed by atoms with E-state index in [1.54, 1.807) is 30.5 Å². The van der Waals surface area contributed by atoms with Crippen molar-refractivity contribution in [2.24, 2.45) is 0 Å². The average Bonchev–Trinajstić information content (AvgIpc) is 2.87. The molecule has 1 aromatic heterocycles. The van der Waals surface area contributed by atoms with E-state index in [2.05, 4.69) is 10.3 Å². The van der Waals surface area contributed by atoms with E-state index in [1.807, 2.05) is 31.2 Å². The highest BCUT2D eigenvalue weighted by molar-refractivity contribution is 7.99. The minimum Gasteiger partial charge on any atom is -0.379 e. The number of amides is 1. The highest BCUT2D eigenvalue weighted by atomic mass is 32.2. The first-order valence-corrected chi connectivity index (χ1v) is 10.5. The van der Waals surface area contributed by atoms with Gasteiger partial charge in [0.15, 0.2) is 0 Å². The summed E-state index contributed by atoms with van der Waals surface area (Å²) >= 11 is 0. The van der Waals surface area contributed by atoms with Gasteiger partial charge in [-0.3, -0.25) is 9.78 Å². The van der Waals surface area contributed by atoms with Crippen LogP contribution in [0.3, 0.4) is 0 Å². The summed E-state index contributed by atoms with van der Waals surface area (Å²) in [4.78, 5) is 17.2. The molecule has 0 spiro atoms. The largest absolute Gasteiger partial charge is 0.379 e. The molecule has 7 heteroatoms. The number of rotatable bonds is 8. The second-order valence-electron chi connectivity index (χ2n) is 6.30. The lowest BCUT2D eigenvalue weighted by atomic mass is 10.1. The predicted octanol–water partition coefficient (Wildman–Crippen LogP) is 2.55. The number of carbonyl (C=O) groups is 1. The van der Waals surface area contributed by atoms with Gasteiger partial charge < -0.3 is 5.32 Å². The van der Waals surface area contributed by atoms with E-state index in [4.69, 9.17) is 0 Å². The van der Waals surface area contributed by atoms with E-state index in [0.717, 1.165) is 16.4 Å². The van der Waals surface area contributed by atoms with E-state index in [-0.39, 0.29) is 17.1 Å². The highest BCUT2D eigenvalue weighted by Gasteiger charge is 2.43. The Morgan fingerprint density at radius 1 is 1.07 bits per heavy atom. The van der Waals surface area contributed by atoms with Crippen LogP contribution in [0.4, 0.5) is 0 Å². The zero-order valence-corrected chi connectivity index (χ0v) is 16.1. The van der Waals surface area contributed by atoms with E-state index < -0.39 is 15.9 Å². The normalized spacial score (nSPS) is 16.0. The Labute approximate surface area is 160 Å². The molecule has 1 aromatic carbocycles. The summed E-state index contributed by atoms with van der Waals surface area (Å²) in [7, 11) is -3.86. The molecule has 0 radical (unpaired) electrons. The van der Waals surface area contributed by atoms with Crippen molar-refractivity contribution in [2.75, 3.05) is 13.1 Å². The second kappa shape index (κ2) is 8.35. The highest BCUT2D eigenvalue weighted by Crippen LogP contribution is 2.34. The quantitative estimate of drug-likeness (QED) is 0.755. The molecule has 0 atom stereocenters. The molecule has 27 heavy (non-hydrogen) atoms. The number of carbonyl (C=O) groups excluding carboxylic acids is 1. The fourth-order valence-electron chi connectivity index (χ4n) is 2.99. The Bertz CT molecular complexity index is 925. The lowest BCUT2D eigenvalue weighted by Crippen LogP contribution is -2.34. The first-order chi connectivity index (χ1) is 13.1. The maximum Gasteiger partial charge on any atom is 0.285 e. The number of hydrogen-bond donors (Lipinski definition) is 1. The molecule has 2 heterocycles. The Morgan fingerprint density at radius 2 is 1.81 bits per heavy atom. The summed E-state index contributed by atoms with van der Waals surface area (Å²) in [6, 6.07) is 14.4. The molecule has 0 saturated carbocycles. The molecule has 6 nitrogen and oxygen atoms in total. The van der Waals surface area contributed by atoms with E-state index in [9.17, 15) is 13.2 Å². The van der Waals surface area contributed by atoms with Crippen molar-refractivity contribution in [1.29, 1.82) is 0 Å².